The van der Waals surface area contributed by atoms with Crippen molar-refractivity contribution in [2.45, 2.75) is 0 Å². The van der Waals surface area contributed by atoms with Gasteiger partial charge in [0.15, 0.2) is 12.0 Å². The number of ether oxygens (including phenoxy) is 1. The molecule has 0 aliphatic rings. The normalized spacial score (nSPS) is 9.21. The predicted molar refractivity (Wildman–Crippen MR) is 46.0 cm³/mol. The molecular weight excluding hydrogens is 190 g/mol. The summed E-state index contributed by atoms with van der Waals surface area (Å²) in [5.74, 6) is -0.0405. The number of carbonyl (C=O) groups excluding carboxylic acids is 1. The topological polar surface area (TPSA) is 78.7 Å². The number of para-hydroxylation sites is 1. The van der Waals surface area contributed by atoms with Gasteiger partial charge in [-0.1, -0.05) is 6.07 Å². The molecular formula is C8H7NO5. The van der Waals surface area contributed by atoms with Crippen molar-refractivity contribution in [1.82, 2.24) is 0 Å². The largest absolute Gasteiger partial charge is 0.494 e. The summed E-state index contributed by atoms with van der Waals surface area (Å²) in [5.41, 5.74) is 0.0704. The molecule has 6 heteroatoms. The smallest absolute Gasteiger partial charge is 0.299 e. The van der Waals surface area contributed by atoms with Crippen molar-refractivity contribution in [3.05, 3.63) is 33.9 Å². The highest BCUT2D eigenvalue weighted by atomic mass is 17.0. The third-order valence-electron chi connectivity index (χ3n) is 1.52. The van der Waals surface area contributed by atoms with Crippen molar-refractivity contribution >= 4 is 6.29 Å². The summed E-state index contributed by atoms with van der Waals surface area (Å²) in [7, 11) is 1.33. The average Bonchev–Trinajstić information content (AvgIpc) is 2.17. The van der Waals surface area contributed by atoms with Gasteiger partial charge in [-0.3, -0.25) is 9.63 Å². The monoisotopic (exact) mass is 197 g/mol. The second-order valence-corrected chi connectivity index (χ2v) is 2.31. The minimum Gasteiger partial charge on any atom is -0.494 e. The number of hydrogen-bond acceptors (Lipinski definition) is 5. The first kappa shape index (κ1) is 9.97. The maximum absolute atomic E-state index is 10.5. The van der Waals surface area contributed by atoms with Crippen LogP contribution in [-0.2, 0) is 0 Å². The third-order valence-corrected chi connectivity index (χ3v) is 1.52. The van der Waals surface area contributed by atoms with Gasteiger partial charge < -0.3 is 4.74 Å². The summed E-state index contributed by atoms with van der Waals surface area (Å²) in [5, 5.41) is 9.12. The van der Waals surface area contributed by atoms with Crippen molar-refractivity contribution < 1.29 is 19.5 Å². The standard InChI is InChI=1S/C8H7NO5/c1-13-7-4-2-3-6(5-10)8(7)14-9(11)12/h2-5H,1H3. The number of hydrogen-bond donors (Lipinski definition) is 0. The average molecular weight is 197 g/mol. The highest BCUT2D eigenvalue weighted by molar-refractivity contribution is 5.81. The molecule has 0 atom stereocenters. The Kier molecular flexibility index (Phi) is 3.01. The lowest BCUT2D eigenvalue weighted by atomic mass is 10.2. The zero-order valence-electron chi connectivity index (χ0n) is 7.30. The molecule has 0 radical (unpaired) electrons. The summed E-state index contributed by atoms with van der Waals surface area (Å²) in [6.07, 6.45) is 0.460. The molecule has 0 aliphatic heterocycles. The number of methoxy groups -OCH3 is 1. The van der Waals surface area contributed by atoms with E-state index in [9.17, 15) is 14.9 Å². The quantitative estimate of drug-likeness (QED) is 0.410. The summed E-state index contributed by atoms with van der Waals surface area (Å²) < 4.78 is 4.80. The molecule has 1 rings (SSSR count). The van der Waals surface area contributed by atoms with Crippen molar-refractivity contribution in [1.29, 1.82) is 0 Å². The highest BCUT2D eigenvalue weighted by Gasteiger charge is 2.12. The van der Waals surface area contributed by atoms with E-state index >= 15 is 0 Å². The van der Waals surface area contributed by atoms with Crippen molar-refractivity contribution in [3.63, 3.8) is 0 Å². The Morgan fingerprint density at radius 1 is 1.50 bits per heavy atom. The van der Waals surface area contributed by atoms with Crippen molar-refractivity contribution in [2.75, 3.05) is 7.11 Å². The van der Waals surface area contributed by atoms with Gasteiger partial charge in [0.1, 0.15) is 5.75 Å². The molecule has 74 valence electrons. The van der Waals surface area contributed by atoms with Gasteiger partial charge in [-0.15, -0.1) is 10.1 Å². The lowest BCUT2D eigenvalue weighted by molar-refractivity contribution is -0.711. The van der Waals surface area contributed by atoms with E-state index in [-0.39, 0.29) is 17.1 Å². The maximum atomic E-state index is 10.5. The molecule has 0 amide bonds. The van der Waals surface area contributed by atoms with Crippen LogP contribution < -0.4 is 9.57 Å². The van der Waals surface area contributed by atoms with E-state index in [2.05, 4.69) is 4.84 Å². The third kappa shape index (κ3) is 1.98. The Labute approximate surface area is 79.2 Å². The van der Waals surface area contributed by atoms with Crippen LogP contribution in [-0.4, -0.2) is 18.5 Å². The van der Waals surface area contributed by atoms with E-state index in [1.54, 1.807) is 0 Å². The Hall–Kier alpha value is -2.11. The summed E-state index contributed by atoms with van der Waals surface area (Å²) in [4.78, 5) is 24.9. The van der Waals surface area contributed by atoms with Crippen LogP contribution in [0.15, 0.2) is 18.2 Å². The fraction of sp³-hybridized carbons (Fsp3) is 0.125. The molecule has 1 aromatic rings. The lowest BCUT2D eigenvalue weighted by Crippen LogP contribution is -2.07. The summed E-state index contributed by atoms with van der Waals surface area (Å²) >= 11 is 0. The van der Waals surface area contributed by atoms with Crippen LogP contribution in [0.1, 0.15) is 10.4 Å². The molecule has 1 aromatic carbocycles. The lowest BCUT2D eigenvalue weighted by Gasteiger charge is -2.07. The van der Waals surface area contributed by atoms with E-state index < -0.39 is 5.09 Å². The summed E-state index contributed by atoms with van der Waals surface area (Å²) in [6, 6.07) is 4.40. The fourth-order valence-electron chi connectivity index (χ4n) is 0.959. The Bertz CT molecular complexity index is 363. The second kappa shape index (κ2) is 4.22. The fourth-order valence-corrected chi connectivity index (χ4v) is 0.959. The van der Waals surface area contributed by atoms with Crippen LogP contribution in [0, 0.1) is 10.1 Å². The summed E-state index contributed by atoms with van der Waals surface area (Å²) in [6.45, 7) is 0. The van der Waals surface area contributed by atoms with Gasteiger partial charge in [0.25, 0.3) is 5.09 Å². The van der Waals surface area contributed by atoms with Gasteiger partial charge >= 0.3 is 0 Å². The van der Waals surface area contributed by atoms with Crippen molar-refractivity contribution in [2.24, 2.45) is 0 Å². The number of benzene rings is 1. The first-order chi connectivity index (χ1) is 6.69. The Balaban J connectivity index is 3.18. The van der Waals surface area contributed by atoms with Crippen LogP contribution in [0.3, 0.4) is 0 Å². The first-order valence-electron chi connectivity index (χ1n) is 3.63. The van der Waals surface area contributed by atoms with Crippen LogP contribution in [0.5, 0.6) is 11.5 Å². The molecule has 0 saturated carbocycles. The first-order valence-corrected chi connectivity index (χ1v) is 3.63. The van der Waals surface area contributed by atoms with Crippen LogP contribution in [0.2, 0.25) is 0 Å². The van der Waals surface area contributed by atoms with Crippen LogP contribution in [0.4, 0.5) is 0 Å². The van der Waals surface area contributed by atoms with E-state index in [0.717, 1.165) is 0 Å². The molecule has 6 nitrogen and oxygen atoms in total. The molecule has 0 spiro atoms. The second-order valence-electron chi connectivity index (χ2n) is 2.31. The highest BCUT2D eigenvalue weighted by Crippen LogP contribution is 2.29. The molecule has 0 aliphatic carbocycles. The van der Waals surface area contributed by atoms with Gasteiger partial charge in [-0.25, -0.2) is 0 Å². The van der Waals surface area contributed by atoms with Crippen LogP contribution in [0.25, 0.3) is 0 Å². The molecule has 14 heavy (non-hydrogen) atoms. The Morgan fingerprint density at radius 2 is 2.21 bits per heavy atom. The van der Waals surface area contributed by atoms with Gasteiger partial charge in [0.05, 0.1) is 7.11 Å². The van der Waals surface area contributed by atoms with E-state index in [4.69, 9.17) is 4.74 Å². The van der Waals surface area contributed by atoms with Crippen molar-refractivity contribution in [3.8, 4) is 11.5 Å². The molecule has 0 heterocycles. The van der Waals surface area contributed by atoms with Gasteiger partial charge in [0.2, 0.25) is 0 Å². The van der Waals surface area contributed by atoms with Gasteiger partial charge in [0, 0.05) is 5.56 Å². The van der Waals surface area contributed by atoms with E-state index in [0.29, 0.717) is 6.29 Å². The SMILES string of the molecule is COc1cccc(C=O)c1O[N+](=O)[O-]. The zero-order chi connectivity index (χ0) is 10.6. The van der Waals surface area contributed by atoms with E-state index in [1.807, 2.05) is 0 Å². The van der Waals surface area contributed by atoms with Crippen LogP contribution >= 0.6 is 0 Å². The Morgan fingerprint density at radius 3 is 2.71 bits per heavy atom. The molecule has 0 N–H and O–H groups in total. The molecule has 0 unspecified atom stereocenters. The molecule has 0 saturated heterocycles. The molecule has 0 bridgehead atoms. The maximum Gasteiger partial charge on any atom is 0.299 e. The predicted octanol–water partition coefficient (Wildman–Crippen LogP) is 1.08. The zero-order valence-corrected chi connectivity index (χ0v) is 7.30. The van der Waals surface area contributed by atoms with Gasteiger partial charge in [-0.2, -0.15) is 0 Å². The minimum atomic E-state index is -0.995. The number of nitrogens with zero attached hydrogens (tertiary/aromatic N) is 1. The number of carbonyl (C=O) groups is 1. The molecule has 0 aromatic heterocycles. The minimum absolute atomic E-state index is 0.0704. The number of aldehydes is 1. The van der Waals surface area contributed by atoms with E-state index in [1.165, 1.54) is 25.3 Å². The van der Waals surface area contributed by atoms with Gasteiger partial charge in [-0.05, 0) is 12.1 Å². The number of rotatable bonds is 4. The molecule has 0 fully saturated rings.